The average Bonchev–Trinajstić information content (AvgIpc) is 3.81. The van der Waals surface area contributed by atoms with Gasteiger partial charge in [-0.15, -0.1) is 0 Å². The highest BCUT2D eigenvalue weighted by molar-refractivity contribution is 5.87. The van der Waals surface area contributed by atoms with Crippen molar-refractivity contribution in [3.05, 3.63) is 89.8 Å². The Balaban J connectivity index is 1.14. The first-order chi connectivity index (χ1) is 33.1. The molecule has 7 rings (SSSR count). The largest absolute Gasteiger partial charge is 0.465 e. The number of hydrogen-bond acceptors (Lipinski definition) is 12. The molecule has 3 aliphatic rings. The Hall–Kier alpha value is -6.22. The van der Waals surface area contributed by atoms with E-state index in [0.717, 1.165) is 60.4 Å². The van der Waals surface area contributed by atoms with Gasteiger partial charge in [0.2, 0.25) is 5.91 Å². The number of pyridine rings is 1. The number of halogens is 2. The molecule has 378 valence electrons. The molecule has 4 aromatic rings. The maximum Gasteiger partial charge on any atom is 0.407 e. The van der Waals surface area contributed by atoms with Crippen LogP contribution in [0.25, 0.3) is 22.4 Å². The van der Waals surface area contributed by atoms with Crippen LogP contribution in [-0.2, 0) is 39.1 Å². The third-order valence-electron chi connectivity index (χ3n) is 13.3. The minimum absolute atomic E-state index is 0.0230. The summed E-state index contributed by atoms with van der Waals surface area (Å²) in [5.74, 6) is -2.53. The predicted octanol–water partition coefficient (Wildman–Crippen LogP) is 4.85. The van der Waals surface area contributed by atoms with Crippen LogP contribution in [0.5, 0.6) is 0 Å². The minimum Gasteiger partial charge on any atom is -0.465 e. The number of nitrogens with one attached hydrogen (secondary N) is 4. The molecule has 18 nitrogen and oxygen atoms in total. The molecule has 70 heavy (non-hydrogen) atoms. The lowest BCUT2D eigenvalue weighted by atomic mass is 9.85. The molecule has 20 heteroatoms. The molecular weight excluding hydrogens is 907 g/mol. The van der Waals surface area contributed by atoms with Gasteiger partial charge < -0.3 is 40.5 Å². The summed E-state index contributed by atoms with van der Waals surface area (Å²) in [4.78, 5) is 62.2. The lowest BCUT2D eigenvalue weighted by Gasteiger charge is -2.48. The van der Waals surface area contributed by atoms with Crippen LogP contribution < -0.4 is 26.3 Å². The van der Waals surface area contributed by atoms with Crippen molar-refractivity contribution in [3.8, 4) is 22.4 Å². The van der Waals surface area contributed by atoms with Crippen LogP contribution in [0.4, 0.5) is 24.2 Å². The Bertz CT molecular complexity index is 2450. The number of fused-ring (bicyclic) bond motifs is 2. The highest BCUT2D eigenvalue weighted by Crippen LogP contribution is 2.36. The molecule has 2 bridgehead atoms. The quantitative estimate of drug-likeness (QED) is 0.0782. The molecule has 3 fully saturated rings. The zero-order valence-electron chi connectivity index (χ0n) is 41.0. The van der Waals surface area contributed by atoms with E-state index in [1.807, 2.05) is 42.6 Å². The summed E-state index contributed by atoms with van der Waals surface area (Å²) in [7, 11) is 2.83. The van der Waals surface area contributed by atoms with E-state index in [9.17, 15) is 29.4 Å². The highest BCUT2D eigenvalue weighted by Gasteiger charge is 2.45. The normalized spacial score (nSPS) is 19.2. The van der Waals surface area contributed by atoms with Gasteiger partial charge in [0.25, 0.3) is 5.91 Å². The van der Waals surface area contributed by atoms with Crippen molar-refractivity contribution < 1.29 is 47.6 Å². The Kier molecular flexibility index (Phi) is 15.8. The average molecular weight is 973 g/mol. The number of carbonyl (C=O) groups excluding carboxylic acids is 3. The molecule has 2 unspecified atom stereocenters. The summed E-state index contributed by atoms with van der Waals surface area (Å²) in [6, 6.07) is 13.3. The van der Waals surface area contributed by atoms with Gasteiger partial charge in [-0.3, -0.25) is 24.6 Å². The zero-order chi connectivity index (χ0) is 50.7. The standard InChI is InChI=1S/C50H66F2N10O8/c1-49(2,3)43(56-48(68)69-8)45(64)54-40(19-29-9-11-30(12-10-29)31-13-16-42(53-22-31)60-23-33-14-15-34(24-60)62(33)35-27-70-28-35)41(63)26-61(58-46(65)44(50(4,5)6)55-47(66)67)25-36-37(51)20-32(21-38(36)52)39-17-18-59(7)57-39/h9-13,16-18,20-22,33-35,40-41,43-44,55,63H,14-15,19,23-28H2,1-8H3,(H,54,64)(H,56,68)(H,58,65)(H,66,67)/t33?,34?,40-,41-,43+,44+/m0/s1. The van der Waals surface area contributed by atoms with Gasteiger partial charge in [0.15, 0.2) is 0 Å². The van der Waals surface area contributed by atoms with Crippen LogP contribution in [-0.4, -0.2) is 141 Å². The number of aliphatic hydroxyl groups excluding tert-OH is 1. The Morgan fingerprint density at radius 1 is 0.843 bits per heavy atom. The summed E-state index contributed by atoms with van der Waals surface area (Å²) in [6.45, 7) is 12.4. The van der Waals surface area contributed by atoms with E-state index in [0.29, 0.717) is 29.4 Å². The van der Waals surface area contributed by atoms with Gasteiger partial charge in [-0.05, 0) is 71.6 Å². The van der Waals surface area contributed by atoms with Crippen molar-refractivity contribution in [2.75, 3.05) is 44.9 Å². The van der Waals surface area contributed by atoms with Crippen molar-refractivity contribution in [2.24, 2.45) is 17.9 Å². The number of hydrazine groups is 1. The first kappa shape index (κ1) is 51.6. The number of aromatic nitrogens is 3. The third-order valence-corrected chi connectivity index (χ3v) is 13.3. The first-order valence-electron chi connectivity index (χ1n) is 23.6. The molecular formula is C50H66F2N10O8. The smallest absolute Gasteiger partial charge is 0.407 e. The molecule has 0 saturated carbocycles. The number of carboxylic acid groups (broad SMARTS) is 1. The summed E-state index contributed by atoms with van der Waals surface area (Å²) >= 11 is 0. The number of amides is 4. The molecule has 6 atom stereocenters. The number of nitrogens with zero attached hydrogens (tertiary/aromatic N) is 6. The third kappa shape index (κ3) is 12.4. The number of hydrogen-bond donors (Lipinski definition) is 6. The zero-order valence-corrected chi connectivity index (χ0v) is 41.0. The van der Waals surface area contributed by atoms with Gasteiger partial charge in [-0.25, -0.2) is 28.4 Å². The lowest BCUT2D eigenvalue weighted by Crippen LogP contribution is -2.62. The summed E-state index contributed by atoms with van der Waals surface area (Å²) in [5, 5.41) is 34.8. The fourth-order valence-electron chi connectivity index (χ4n) is 9.53. The van der Waals surface area contributed by atoms with E-state index in [4.69, 9.17) is 14.5 Å². The number of anilines is 1. The number of methoxy groups -OCH3 is 1. The van der Waals surface area contributed by atoms with Crippen molar-refractivity contribution in [2.45, 2.75) is 110 Å². The van der Waals surface area contributed by atoms with Crippen LogP contribution in [0.1, 0.15) is 65.5 Å². The molecule has 6 N–H and O–H groups in total. The maximum atomic E-state index is 16.0. The molecule has 0 aliphatic carbocycles. The van der Waals surface area contributed by atoms with Gasteiger partial charge in [0.1, 0.15) is 29.5 Å². The van der Waals surface area contributed by atoms with Gasteiger partial charge in [-0.1, -0.05) is 65.8 Å². The molecule has 0 spiro atoms. The lowest BCUT2D eigenvalue weighted by molar-refractivity contribution is -0.132. The predicted molar refractivity (Wildman–Crippen MR) is 257 cm³/mol. The van der Waals surface area contributed by atoms with Crippen LogP contribution >= 0.6 is 0 Å². The second kappa shape index (κ2) is 21.4. The summed E-state index contributed by atoms with van der Waals surface area (Å²) in [5.41, 5.74) is 3.26. The first-order valence-corrected chi connectivity index (χ1v) is 23.6. The van der Waals surface area contributed by atoms with E-state index in [1.165, 1.54) is 24.6 Å². The number of ether oxygens (including phenoxy) is 2. The van der Waals surface area contributed by atoms with E-state index in [1.54, 1.807) is 60.9 Å². The van der Waals surface area contributed by atoms with Crippen molar-refractivity contribution in [3.63, 3.8) is 0 Å². The fourth-order valence-corrected chi connectivity index (χ4v) is 9.53. The SMILES string of the molecule is COC(=O)N[C@H](C(=O)N[C@@H](Cc1ccc(-c2ccc(N3CC4CCC(C3)N4C3COC3)nc2)cc1)[C@@H](O)CN(Cc1c(F)cc(-c2ccn(C)n2)cc1F)NC(=O)[C@@H](NC(=O)O)C(C)(C)C)C(C)(C)C. The van der Waals surface area contributed by atoms with Gasteiger partial charge in [-0.2, -0.15) is 5.10 Å². The Labute approximate surface area is 407 Å². The Morgan fingerprint density at radius 3 is 1.97 bits per heavy atom. The molecule has 3 aliphatic heterocycles. The van der Waals surface area contributed by atoms with E-state index >= 15 is 8.78 Å². The Morgan fingerprint density at radius 2 is 1.46 bits per heavy atom. The number of aliphatic hydroxyl groups is 1. The molecule has 5 heterocycles. The van der Waals surface area contributed by atoms with Crippen molar-refractivity contribution in [1.82, 2.24) is 46.0 Å². The van der Waals surface area contributed by atoms with Crippen LogP contribution in [0.3, 0.4) is 0 Å². The van der Waals surface area contributed by atoms with Crippen molar-refractivity contribution >= 4 is 29.8 Å². The highest BCUT2D eigenvalue weighted by atomic mass is 19.1. The maximum absolute atomic E-state index is 16.0. The molecule has 2 aromatic carbocycles. The van der Waals surface area contributed by atoms with E-state index in [-0.39, 0.29) is 12.0 Å². The number of benzene rings is 2. The van der Waals surface area contributed by atoms with Crippen LogP contribution in [0.15, 0.2) is 67.0 Å². The molecule has 3 saturated heterocycles. The van der Waals surface area contributed by atoms with Gasteiger partial charge >= 0.3 is 12.2 Å². The summed E-state index contributed by atoms with van der Waals surface area (Å²) in [6.07, 6.45) is 1.96. The molecule has 0 radical (unpaired) electrons. The second-order valence-corrected chi connectivity index (χ2v) is 20.8. The molecule has 4 amide bonds. The van der Waals surface area contributed by atoms with Crippen molar-refractivity contribution in [1.29, 1.82) is 0 Å². The second-order valence-electron chi connectivity index (χ2n) is 20.8. The van der Waals surface area contributed by atoms with E-state index in [2.05, 4.69) is 36.3 Å². The van der Waals surface area contributed by atoms with Crippen LogP contribution in [0, 0.1) is 22.5 Å². The van der Waals surface area contributed by atoms with Gasteiger partial charge in [0, 0.05) is 74.4 Å². The van der Waals surface area contributed by atoms with Gasteiger partial charge in [0.05, 0.1) is 44.2 Å². The number of piperazine rings is 1. The number of alkyl carbamates (subject to hydrolysis) is 1. The molecule has 2 aromatic heterocycles. The number of carbonyl (C=O) groups is 4. The minimum atomic E-state index is -1.56. The summed E-state index contributed by atoms with van der Waals surface area (Å²) < 4.78 is 43.7. The van der Waals surface area contributed by atoms with E-state index < -0.39 is 89.3 Å². The van der Waals surface area contributed by atoms with Crippen LogP contribution in [0.2, 0.25) is 0 Å². The fraction of sp³-hybridized carbons (Fsp3) is 0.520. The number of aryl methyl sites for hydroxylation is 1. The monoisotopic (exact) mass is 973 g/mol. The topological polar surface area (TPSA) is 216 Å². The number of rotatable bonds is 17.